The Morgan fingerprint density at radius 2 is 1.94 bits per heavy atom. The van der Waals surface area contributed by atoms with Crippen molar-refractivity contribution in [1.82, 2.24) is 0 Å². The number of thiophene rings is 1. The normalized spacial score (nSPS) is 10.4. The summed E-state index contributed by atoms with van der Waals surface area (Å²) in [6.07, 6.45) is 0. The van der Waals surface area contributed by atoms with Gasteiger partial charge in [-0.15, -0.1) is 0 Å². The minimum Gasteiger partial charge on any atom is -0.381 e. The molecule has 0 aliphatic heterocycles. The molecule has 16 heavy (non-hydrogen) atoms. The second-order valence-corrected chi connectivity index (χ2v) is 5.48. The fourth-order valence-electron chi connectivity index (χ4n) is 1.65. The third kappa shape index (κ3) is 2.66. The van der Waals surface area contributed by atoms with Crippen LogP contribution in [0, 0.1) is 13.8 Å². The molecule has 0 bridgehead atoms. The van der Waals surface area contributed by atoms with E-state index in [2.05, 4.69) is 64.1 Å². The maximum absolute atomic E-state index is 3.58. The molecule has 1 aromatic heterocycles. The molecule has 0 saturated carbocycles. The van der Waals surface area contributed by atoms with Crippen LogP contribution in [0.1, 0.15) is 16.7 Å². The molecular formula is C13H14BrNS. The fourth-order valence-corrected chi connectivity index (χ4v) is 2.54. The van der Waals surface area contributed by atoms with Crippen molar-refractivity contribution in [3.05, 3.63) is 50.1 Å². The molecule has 0 fully saturated rings. The van der Waals surface area contributed by atoms with Crippen molar-refractivity contribution in [2.45, 2.75) is 20.4 Å². The Labute approximate surface area is 109 Å². The zero-order chi connectivity index (χ0) is 11.5. The van der Waals surface area contributed by atoms with Gasteiger partial charge in [-0.1, -0.05) is 15.9 Å². The monoisotopic (exact) mass is 295 g/mol. The summed E-state index contributed by atoms with van der Waals surface area (Å²) in [4.78, 5) is 0. The van der Waals surface area contributed by atoms with E-state index in [1.807, 2.05) is 0 Å². The molecular weight excluding hydrogens is 282 g/mol. The summed E-state index contributed by atoms with van der Waals surface area (Å²) in [6, 6.07) is 6.49. The van der Waals surface area contributed by atoms with Gasteiger partial charge in [-0.3, -0.25) is 0 Å². The van der Waals surface area contributed by atoms with Gasteiger partial charge in [-0.25, -0.2) is 0 Å². The maximum Gasteiger partial charge on any atom is 0.0409 e. The molecule has 2 rings (SSSR count). The summed E-state index contributed by atoms with van der Waals surface area (Å²) >= 11 is 5.31. The Kier molecular flexibility index (Phi) is 3.66. The highest BCUT2D eigenvalue weighted by atomic mass is 79.9. The standard InChI is InChI=1S/C13H14BrNS/c1-9-5-12(6-10(2)13(9)14)15-7-11-3-4-16-8-11/h3-6,8,15H,7H2,1-2H3. The zero-order valence-corrected chi connectivity index (χ0v) is 11.8. The van der Waals surface area contributed by atoms with Crippen LogP contribution in [0.5, 0.6) is 0 Å². The van der Waals surface area contributed by atoms with Gasteiger partial charge in [0.1, 0.15) is 0 Å². The van der Waals surface area contributed by atoms with Crippen molar-refractivity contribution in [1.29, 1.82) is 0 Å². The largest absolute Gasteiger partial charge is 0.381 e. The summed E-state index contributed by atoms with van der Waals surface area (Å²) in [5.41, 5.74) is 5.06. The predicted molar refractivity (Wildman–Crippen MR) is 75.3 cm³/mol. The Bertz CT molecular complexity index is 454. The molecule has 0 spiro atoms. The molecule has 84 valence electrons. The number of benzene rings is 1. The SMILES string of the molecule is Cc1cc(NCc2ccsc2)cc(C)c1Br. The first kappa shape index (κ1) is 11.7. The molecule has 1 aromatic carbocycles. The van der Waals surface area contributed by atoms with Crippen LogP contribution >= 0.6 is 27.3 Å². The third-order valence-corrected chi connectivity index (χ3v) is 4.50. The van der Waals surface area contributed by atoms with E-state index in [0.717, 1.165) is 6.54 Å². The van der Waals surface area contributed by atoms with E-state index in [4.69, 9.17) is 0 Å². The number of halogens is 1. The van der Waals surface area contributed by atoms with Gasteiger partial charge in [0, 0.05) is 16.7 Å². The number of hydrogen-bond donors (Lipinski definition) is 1. The van der Waals surface area contributed by atoms with Gasteiger partial charge in [0.05, 0.1) is 0 Å². The summed E-state index contributed by atoms with van der Waals surface area (Å²) in [5.74, 6) is 0. The van der Waals surface area contributed by atoms with Gasteiger partial charge >= 0.3 is 0 Å². The average Bonchev–Trinajstić information content (AvgIpc) is 2.75. The summed E-state index contributed by atoms with van der Waals surface area (Å²) in [7, 11) is 0. The summed E-state index contributed by atoms with van der Waals surface area (Å²) in [5, 5.41) is 7.72. The first-order valence-electron chi connectivity index (χ1n) is 5.18. The Morgan fingerprint density at radius 3 is 2.50 bits per heavy atom. The van der Waals surface area contributed by atoms with E-state index < -0.39 is 0 Å². The molecule has 0 unspecified atom stereocenters. The highest BCUT2D eigenvalue weighted by Crippen LogP contribution is 2.25. The lowest BCUT2D eigenvalue weighted by Gasteiger charge is -2.09. The van der Waals surface area contributed by atoms with Crippen LogP contribution in [0.4, 0.5) is 5.69 Å². The van der Waals surface area contributed by atoms with E-state index in [-0.39, 0.29) is 0 Å². The first-order chi connectivity index (χ1) is 7.66. The van der Waals surface area contributed by atoms with Crippen LogP contribution in [-0.2, 0) is 6.54 Å². The van der Waals surface area contributed by atoms with Crippen molar-refractivity contribution < 1.29 is 0 Å². The van der Waals surface area contributed by atoms with Crippen LogP contribution in [0.15, 0.2) is 33.4 Å². The lowest BCUT2D eigenvalue weighted by molar-refractivity contribution is 1.15. The third-order valence-electron chi connectivity index (χ3n) is 2.51. The number of aryl methyl sites for hydroxylation is 2. The average molecular weight is 296 g/mol. The predicted octanol–water partition coefficient (Wildman–Crippen LogP) is 4.74. The maximum atomic E-state index is 3.58. The van der Waals surface area contributed by atoms with Crippen molar-refractivity contribution >= 4 is 33.0 Å². The first-order valence-corrected chi connectivity index (χ1v) is 6.92. The minimum atomic E-state index is 0.893. The smallest absolute Gasteiger partial charge is 0.0409 e. The van der Waals surface area contributed by atoms with Crippen LogP contribution < -0.4 is 5.32 Å². The number of anilines is 1. The van der Waals surface area contributed by atoms with E-state index in [9.17, 15) is 0 Å². The van der Waals surface area contributed by atoms with Crippen molar-refractivity contribution in [2.24, 2.45) is 0 Å². The van der Waals surface area contributed by atoms with Gasteiger partial charge in [-0.05, 0) is 59.5 Å². The molecule has 0 atom stereocenters. The molecule has 0 aliphatic carbocycles. The van der Waals surface area contributed by atoms with E-state index in [1.54, 1.807) is 11.3 Å². The highest BCUT2D eigenvalue weighted by Gasteiger charge is 2.02. The number of rotatable bonds is 3. The van der Waals surface area contributed by atoms with E-state index >= 15 is 0 Å². The second kappa shape index (κ2) is 5.02. The lowest BCUT2D eigenvalue weighted by atomic mass is 10.1. The summed E-state index contributed by atoms with van der Waals surface area (Å²) in [6.45, 7) is 5.13. The summed E-state index contributed by atoms with van der Waals surface area (Å²) < 4.78 is 1.20. The Hall–Kier alpha value is -0.800. The van der Waals surface area contributed by atoms with Crippen molar-refractivity contribution in [3.63, 3.8) is 0 Å². The Morgan fingerprint density at radius 1 is 1.25 bits per heavy atom. The highest BCUT2D eigenvalue weighted by molar-refractivity contribution is 9.10. The lowest BCUT2D eigenvalue weighted by Crippen LogP contribution is -1.99. The minimum absolute atomic E-state index is 0.893. The van der Waals surface area contributed by atoms with E-state index in [1.165, 1.54) is 26.9 Å². The van der Waals surface area contributed by atoms with E-state index in [0.29, 0.717) is 0 Å². The van der Waals surface area contributed by atoms with Gasteiger partial charge < -0.3 is 5.32 Å². The molecule has 0 saturated heterocycles. The van der Waals surface area contributed by atoms with Crippen LogP contribution in [0.3, 0.4) is 0 Å². The molecule has 2 aromatic rings. The van der Waals surface area contributed by atoms with Gasteiger partial charge in [0.2, 0.25) is 0 Å². The molecule has 1 nitrogen and oxygen atoms in total. The molecule has 0 aliphatic rings. The van der Waals surface area contributed by atoms with Crippen molar-refractivity contribution in [2.75, 3.05) is 5.32 Å². The molecule has 0 amide bonds. The molecule has 1 N–H and O–H groups in total. The van der Waals surface area contributed by atoms with Crippen LogP contribution in [-0.4, -0.2) is 0 Å². The van der Waals surface area contributed by atoms with Gasteiger partial charge in [-0.2, -0.15) is 11.3 Å². The number of hydrogen-bond acceptors (Lipinski definition) is 2. The quantitative estimate of drug-likeness (QED) is 0.862. The fraction of sp³-hybridized carbons (Fsp3) is 0.231. The second-order valence-electron chi connectivity index (χ2n) is 3.91. The zero-order valence-electron chi connectivity index (χ0n) is 9.38. The van der Waals surface area contributed by atoms with Crippen LogP contribution in [0.2, 0.25) is 0 Å². The van der Waals surface area contributed by atoms with Gasteiger partial charge in [0.15, 0.2) is 0 Å². The number of nitrogens with one attached hydrogen (secondary N) is 1. The molecule has 3 heteroatoms. The molecule has 1 heterocycles. The van der Waals surface area contributed by atoms with Crippen molar-refractivity contribution in [3.8, 4) is 0 Å². The van der Waals surface area contributed by atoms with Crippen LogP contribution in [0.25, 0.3) is 0 Å². The molecule has 0 radical (unpaired) electrons. The van der Waals surface area contributed by atoms with Gasteiger partial charge in [0.25, 0.3) is 0 Å². The topological polar surface area (TPSA) is 12.0 Å². The Balaban J connectivity index is 2.10.